The molecule has 1 aromatic rings. The summed E-state index contributed by atoms with van der Waals surface area (Å²) in [6.45, 7) is 0. The second-order valence-corrected chi connectivity index (χ2v) is 4.13. The number of benzene rings is 1. The molecular formula is C13H16O4S. The number of methoxy groups -OCH3 is 2. The van der Waals surface area contributed by atoms with E-state index in [0.29, 0.717) is 17.4 Å². The fourth-order valence-electron chi connectivity index (χ4n) is 1.29. The van der Waals surface area contributed by atoms with E-state index in [1.54, 1.807) is 32.4 Å². The smallest absolute Gasteiger partial charge is 0.331 e. The minimum absolute atomic E-state index is 0.356. The molecule has 0 aliphatic carbocycles. The van der Waals surface area contributed by atoms with E-state index in [4.69, 9.17) is 14.2 Å². The number of ether oxygens (including phenoxy) is 3. The zero-order valence-electron chi connectivity index (χ0n) is 10.6. The van der Waals surface area contributed by atoms with Crippen LogP contribution in [0.3, 0.4) is 0 Å². The first-order chi connectivity index (χ1) is 8.71. The van der Waals surface area contributed by atoms with Gasteiger partial charge < -0.3 is 14.2 Å². The van der Waals surface area contributed by atoms with Crippen LogP contribution in [0, 0.1) is 0 Å². The van der Waals surface area contributed by atoms with Gasteiger partial charge in [0.25, 0.3) is 0 Å². The van der Waals surface area contributed by atoms with Gasteiger partial charge in [-0.05, 0) is 30.0 Å². The summed E-state index contributed by atoms with van der Waals surface area (Å²) in [5.74, 6) is 1.27. The van der Waals surface area contributed by atoms with Crippen LogP contribution in [0.25, 0.3) is 6.08 Å². The van der Waals surface area contributed by atoms with E-state index in [9.17, 15) is 4.79 Å². The summed E-state index contributed by atoms with van der Waals surface area (Å²) in [5, 5.41) is 0. The third kappa shape index (κ3) is 4.33. The Morgan fingerprint density at radius 2 is 2.00 bits per heavy atom. The second-order valence-electron chi connectivity index (χ2n) is 3.32. The summed E-state index contributed by atoms with van der Waals surface area (Å²) >= 11 is 1.45. The summed E-state index contributed by atoms with van der Waals surface area (Å²) in [7, 11) is 3.14. The molecule has 0 amide bonds. The SMILES string of the molecule is COc1ccc(C=CC(=O)OCSC)cc1OC. The lowest BCUT2D eigenvalue weighted by atomic mass is 10.2. The van der Waals surface area contributed by atoms with E-state index >= 15 is 0 Å². The highest BCUT2D eigenvalue weighted by Gasteiger charge is 2.03. The summed E-state index contributed by atoms with van der Waals surface area (Å²) in [5.41, 5.74) is 0.841. The number of thioether (sulfide) groups is 1. The Hall–Kier alpha value is -1.62. The average Bonchev–Trinajstić information content (AvgIpc) is 2.42. The molecular weight excluding hydrogens is 252 g/mol. The van der Waals surface area contributed by atoms with Gasteiger partial charge in [0.1, 0.15) is 5.94 Å². The summed E-state index contributed by atoms with van der Waals surface area (Å²) < 4.78 is 15.2. The van der Waals surface area contributed by atoms with E-state index in [1.807, 2.05) is 12.3 Å². The zero-order chi connectivity index (χ0) is 13.4. The van der Waals surface area contributed by atoms with Crippen LogP contribution in [0.5, 0.6) is 11.5 Å². The lowest BCUT2D eigenvalue weighted by molar-refractivity contribution is -0.135. The molecule has 0 unspecified atom stereocenters. The van der Waals surface area contributed by atoms with Crippen molar-refractivity contribution in [3.05, 3.63) is 29.8 Å². The number of hydrogen-bond acceptors (Lipinski definition) is 5. The summed E-state index contributed by atoms with van der Waals surface area (Å²) in [6.07, 6.45) is 4.92. The molecule has 0 aliphatic heterocycles. The summed E-state index contributed by atoms with van der Waals surface area (Å²) in [4.78, 5) is 11.3. The Morgan fingerprint density at radius 1 is 1.28 bits per heavy atom. The van der Waals surface area contributed by atoms with Crippen LogP contribution in [0.2, 0.25) is 0 Å². The average molecular weight is 268 g/mol. The Morgan fingerprint density at radius 3 is 2.61 bits per heavy atom. The van der Waals surface area contributed by atoms with Crippen LogP contribution in [-0.2, 0) is 9.53 Å². The molecule has 1 aromatic carbocycles. The fraction of sp³-hybridized carbons (Fsp3) is 0.308. The van der Waals surface area contributed by atoms with Gasteiger partial charge in [-0.3, -0.25) is 0 Å². The van der Waals surface area contributed by atoms with Crippen LogP contribution in [0.15, 0.2) is 24.3 Å². The third-order valence-electron chi connectivity index (χ3n) is 2.14. The van der Waals surface area contributed by atoms with Crippen LogP contribution in [0.1, 0.15) is 5.56 Å². The monoisotopic (exact) mass is 268 g/mol. The Balaban J connectivity index is 2.73. The van der Waals surface area contributed by atoms with E-state index in [2.05, 4.69) is 0 Å². The molecule has 1 rings (SSSR count). The number of rotatable bonds is 6. The lowest BCUT2D eigenvalue weighted by Gasteiger charge is -2.07. The van der Waals surface area contributed by atoms with E-state index < -0.39 is 0 Å². The number of hydrogen-bond donors (Lipinski definition) is 0. The molecule has 0 aliphatic rings. The Labute approximate surface area is 111 Å². The van der Waals surface area contributed by atoms with Crippen LogP contribution < -0.4 is 9.47 Å². The zero-order valence-corrected chi connectivity index (χ0v) is 11.5. The van der Waals surface area contributed by atoms with Gasteiger partial charge in [0.2, 0.25) is 0 Å². The maximum absolute atomic E-state index is 11.3. The largest absolute Gasteiger partial charge is 0.493 e. The number of esters is 1. The van der Waals surface area contributed by atoms with Gasteiger partial charge in [0, 0.05) is 6.08 Å². The molecule has 0 saturated heterocycles. The first-order valence-electron chi connectivity index (χ1n) is 5.27. The Bertz CT molecular complexity index is 429. The van der Waals surface area contributed by atoms with Crippen molar-refractivity contribution in [2.45, 2.75) is 0 Å². The van der Waals surface area contributed by atoms with Gasteiger partial charge in [0.15, 0.2) is 11.5 Å². The summed E-state index contributed by atoms with van der Waals surface area (Å²) in [6, 6.07) is 5.41. The van der Waals surface area contributed by atoms with Crippen LogP contribution in [-0.4, -0.2) is 32.4 Å². The van der Waals surface area contributed by atoms with E-state index in [0.717, 1.165) is 5.56 Å². The highest BCUT2D eigenvalue weighted by atomic mass is 32.2. The van der Waals surface area contributed by atoms with Crippen LogP contribution in [0.4, 0.5) is 0 Å². The van der Waals surface area contributed by atoms with Gasteiger partial charge in [-0.15, -0.1) is 11.8 Å². The maximum Gasteiger partial charge on any atom is 0.331 e. The number of carbonyl (C=O) groups is 1. The normalized spacial score (nSPS) is 10.4. The van der Waals surface area contributed by atoms with Gasteiger partial charge in [0.05, 0.1) is 14.2 Å². The molecule has 4 nitrogen and oxygen atoms in total. The minimum Gasteiger partial charge on any atom is -0.493 e. The molecule has 0 N–H and O–H groups in total. The molecule has 0 bridgehead atoms. The van der Waals surface area contributed by atoms with Crippen molar-refractivity contribution < 1.29 is 19.0 Å². The van der Waals surface area contributed by atoms with Crippen molar-refractivity contribution in [2.75, 3.05) is 26.4 Å². The molecule has 98 valence electrons. The predicted molar refractivity (Wildman–Crippen MR) is 73.1 cm³/mol. The maximum atomic E-state index is 11.3. The molecule has 5 heteroatoms. The lowest BCUT2D eigenvalue weighted by Crippen LogP contribution is -1.98. The highest BCUT2D eigenvalue weighted by molar-refractivity contribution is 7.98. The van der Waals surface area contributed by atoms with E-state index in [-0.39, 0.29) is 5.97 Å². The third-order valence-corrected chi connectivity index (χ3v) is 2.49. The van der Waals surface area contributed by atoms with Gasteiger partial charge in [-0.1, -0.05) is 6.07 Å². The van der Waals surface area contributed by atoms with Crippen molar-refractivity contribution in [3.8, 4) is 11.5 Å². The van der Waals surface area contributed by atoms with Gasteiger partial charge in [-0.2, -0.15) is 0 Å². The molecule has 0 heterocycles. The standard InChI is InChI=1S/C13H16O4S/c1-15-11-6-4-10(8-12(11)16-2)5-7-13(14)17-9-18-3/h4-8H,9H2,1-3H3. The fourth-order valence-corrected chi connectivity index (χ4v) is 1.52. The van der Waals surface area contributed by atoms with Crippen molar-refractivity contribution in [2.24, 2.45) is 0 Å². The topological polar surface area (TPSA) is 44.8 Å². The first-order valence-corrected chi connectivity index (χ1v) is 6.66. The van der Waals surface area contributed by atoms with Gasteiger partial charge >= 0.3 is 5.97 Å². The molecule has 0 radical (unpaired) electrons. The van der Waals surface area contributed by atoms with Crippen molar-refractivity contribution in [3.63, 3.8) is 0 Å². The molecule has 0 saturated carbocycles. The number of carbonyl (C=O) groups excluding carboxylic acids is 1. The van der Waals surface area contributed by atoms with E-state index in [1.165, 1.54) is 17.8 Å². The highest BCUT2D eigenvalue weighted by Crippen LogP contribution is 2.27. The Kier molecular flexibility index (Phi) is 6.14. The quantitative estimate of drug-likeness (QED) is 0.451. The van der Waals surface area contributed by atoms with Crippen molar-refractivity contribution in [1.82, 2.24) is 0 Å². The first kappa shape index (κ1) is 14.4. The molecule has 18 heavy (non-hydrogen) atoms. The molecule has 0 aromatic heterocycles. The molecule has 0 spiro atoms. The van der Waals surface area contributed by atoms with Crippen molar-refractivity contribution >= 4 is 23.8 Å². The van der Waals surface area contributed by atoms with Gasteiger partial charge in [-0.25, -0.2) is 4.79 Å². The minimum atomic E-state index is -0.362. The predicted octanol–water partition coefficient (Wildman–Crippen LogP) is 2.58. The van der Waals surface area contributed by atoms with Crippen LogP contribution >= 0.6 is 11.8 Å². The second kappa shape index (κ2) is 7.66. The van der Waals surface area contributed by atoms with Crippen molar-refractivity contribution in [1.29, 1.82) is 0 Å². The molecule has 0 fully saturated rings. The molecule has 0 atom stereocenters.